The molecule has 1 saturated heterocycles. The van der Waals surface area contributed by atoms with Gasteiger partial charge < -0.3 is 15.4 Å². The molecule has 23 heavy (non-hydrogen) atoms. The lowest BCUT2D eigenvalue weighted by Gasteiger charge is -2.10. The largest absolute Gasteiger partial charge is 0.484 e. The van der Waals surface area contributed by atoms with Gasteiger partial charge in [-0.05, 0) is 54.8 Å². The van der Waals surface area contributed by atoms with Crippen LogP contribution >= 0.6 is 12.4 Å². The van der Waals surface area contributed by atoms with Crippen LogP contribution in [0.25, 0.3) is 10.8 Å². The topological polar surface area (TPSA) is 50.4 Å². The summed E-state index contributed by atoms with van der Waals surface area (Å²) >= 11 is 0. The predicted octanol–water partition coefficient (Wildman–Crippen LogP) is 2.76. The number of halogens is 1. The Bertz CT molecular complexity index is 642. The van der Waals surface area contributed by atoms with E-state index in [1.54, 1.807) is 0 Å². The number of benzene rings is 2. The van der Waals surface area contributed by atoms with Crippen molar-refractivity contribution < 1.29 is 9.53 Å². The van der Waals surface area contributed by atoms with Gasteiger partial charge in [-0.1, -0.05) is 30.3 Å². The van der Waals surface area contributed by atoms with Crippen LogP contribution in [-0.2, 0) is 4.79 Å². The SMILES string of the molecule is Cl.O=C(COc1ccc2ccccc2c1)NCCC1CCNC1. The monoisotopic (exact) mass is 334 g/mol. The average Bonchev–Trinajstić information content (AvgIpc) is 3.06. The van der Waals surface area contributed by atoms with Crippen molar-refractivity contribution in [2.24, 2.45) is 5.92 Å². The summed E-state index contributed by atoms with van der Waals surface area (Å²) in [6.45, 7) is 2.97. The number of hydrogen-bond donors (Lipinski definition) is 2. The highest BCUT2D eigenvalue weighted by Gasteiger charge is 2.14. The highest BCUT2D eigenvalue weighted by Crippen LogP contribution is 2.20. The van der Waals surface area contributed by atoms with E-state index in [0.29, 0.717) is 5.92 Å². The Kier molecular flexibility index (Phi) is 6.68. The number of carbonyl (C=O) groups excluding carboxylic acids is 1. The molecule has 1 heterocycles. The van der Waals surface area contributed by atoms with Gasteiger partial charge in [-0.3, -0.25) is 4.79 Å². The molecule has 0 radical (unpaired) electrons. The summed E-state index contributed by atoms with van der Waals surface area (Å²) in [6, 6.07) is 14.0. The molecule has 1 atom stereocenters. The van der Waals surface area contributed by atoms with Gasteiger partial charge in [-0.15, -0.1) is 12.4 Å². The van der Waals surface area contributed by atoms with Crippen LogP contribution in [0, 0.1) is 5.92 Å². The van der Waals surface area contributed by atoms with Crippen molar-refractivity contribution in [3.63, 3.8) is 0 Å². The smallest absolute Gasteiger partial charge is 0.257 e. The van der Waals surface area contributed by atoms with Crippen molar-refractivity contribution in [1.29, 1.82) is 0 Å². The molecule has 1 aliphatic heterocycles. The zero-order chi connectivity index (χ0) is 15.2. The third kappa shape index (κ3) is 5.12. The zero-order valence-electron chi connectivity index (χ0n) is 13.1. The van der Waals surface area contributed by atoms with E-state index in [9.17, 15) is 4.79 Å². The molecule has 2 aromatic rings. The highest BCUT2D eigenvalue weighted by atomic mass is 35.5. The molecule has 1 aliphatic rings. The Balaban J connectivity index is 0.00000192. The van der Waals surface area contributed by atoms with Crippen molar-refractivity contribution in [1.82, 2.24) is 10.6 Å². The van der Waals surface area contributed by atoms with E-state index in [0.717, 1.165) is 37.2 Å². The van der Waals surface area contributed by atoms with Crippen LogP contribution < -0.4 is 15.4 Å². The Morgan fingerprint density at radius 1 is 1.22 bits per heavy atom. The summed E-state index contributed by atoms with van der Waals surface area (Å²) in [6.07, 6.45) is 2.25. The van der Waals surface area contributed by atoms with Crippen molar-refractivity contribution >= 4 is 29.1 Å². The minimum Gasteiger partial charge on any atom is -0.484 e. The van der Waals surface area contributed by atoms with E-state index in [1.165, 1.54) is 11.8 Å². The third-order valence-corrected chi connectivity index (χ3v) is 4.13. The standard InChI is InChI=1S/C18H22N2O2.ClH/c21-18(20-10-8-14-7-9-19-12-14)13-22-17-6-5-15-3-1-2-4-16(15)11-17;/h1-6,11,14,19H,7-10,12-13H2,(H,20,21);1H. The first-order chi connectivity index (χ1) is 10.8. The van der Waals surface area contributed by atoms with Crippen LogP contribution in [-0.4, -0.2) is 32.1 Å². The number of nitrogens with one attached hydrogen (secondary N) is 2. The van der Waals surface area contributed by atoms with E-state index in [2.05, 4.69) is 16.7 Å². The normalized spacial score (nSPS) is 16.8. The zero-order valence-corrected chi connectivity index (χ0v) is 13.9. The van der Waals surface area contributed by atoms with Crippen molar-refractivity contribution in [3.8, 4) is 5.75 Å². The first-order valence-corrected chi connectivity index (χ1v) is 7.90. The van der Waals surface area contributed by atoms with E-state index in [-0.39, 0.29) is 24.9 Å². The van der Waals surface area contributed by atoms with E-state index >= 15 is 0 Å². The molecule has 0 aromatic heterocycles. The first kappa shape index (κ1) is 17.6. The van der Waals surface area contributed by atoms with E-state index in [1.807, 2.05) is 36.4 Å². The number of hydrogen-bond acceptors (Lipinski definition) is 3. The maximum atomic E-state index is 11.8. The number of fused-ring (bicyclic) bond motifs is 1. The van der Waals surface area contributed by atoms with Gasteiger partial charge in [-0.2, -0.15) is 0 Å². The lowest BCUT2D eigenvalue weighted by atomic mass is 10.1. The van der Waals surface area contributed by atoms with Crippen LogP contribution in [0.3, 0.4) is 0 Å². The molecule has 0 aliphatic carbocycles. The van der Waals surface area contributed by atoms with Crippen molar-refractivity contribution in [2.45, 2.75) is 12.8 Å². The highest BCUT2D eigenvalue weighted by molar-refractivity contribution is 5.85. The lowest BCUT2D eigenvalue weighted by molar-refractivity contribution is -0.123. The molecule has 0 spiro atoms. The van der Waals surface area contributed by atoms with Crippen LogP contribution in [0.1, 0.15) is 12.8 Å². The van der Waals surface area contributed by atoms with E-state index in [4.69, 9.17) is 4.74 Å². The molecule has 0 bridgehead atoms. The van der Waals surface area contributed by atoms with Crippen LogP contribution in [0.15, 0.2) is 42.5 Å². The number of ether oxygens (including phenoxy) is 1. The van der Waals surface area contributed by atoms with Gasteiger partial charge in [0.1, 0.15) is 5.75 Å². The predicted molar refractivity (Wildman–Crippen MR) is 95.3 cm³/mol. The molecular weight excluding hydrogens is 312 g/mol. The van der Waals surface area contributed by atoms with Crippen molar-refractivity contribution in [3.05, 3.63) is 42.5 Å². The number of amides is 1. The average molecular weight is 335 g/mol. The van der Waals surface area contributed by atoms with Crippen LogP contribution in [0.5, 0.6) is 5.75 Å². The second kappa shape index (κ2) is 8.75. The second-order valence-electron chi connectivity index (χ2n) is 5.80. The second-order valence-corrected chi connectivity index (χ2v) is 5.80. The summed E-state index contributed by atoms with van der Waals surface area (Å²) in [5, 5.41) is 8.55. The van der Waals surface area contributed by atoms with Gasteiger partial charge >= 0.3 is 0 Å². The Labute approximate surface area is 143 Å². The summed E-state index contributed by atoms with van der Waals surface area (Å²) < 4.78 is 5.57. The van der Waals surface area contributed by atoms with Crippen LogP contribution in [0.4, 0.5) is 0 Å². The van der Waals surface area contributed by atoms with Gasteiger partial charge in [0.05, 0.1) is 0 Å². The summed E-state index contributed by atoms with van der Waals surface area (Å²) in [5.41, 5.74) is 0. The molecular formula is C18H23ClN2O2. The van der Waals surface area contributed by atoms with E-state index < -0.39 is 0 Å². The molecule has 1 fully saturated rings. The quantitative estimate of drug-likeness (QED) is 0.854. The number of carbonyl (C=O) groups is 1. The number of rotatable bonds is 6. The minimum absolute atomic E-state index is 0. The molecule has 124 valence electrons. The first-order valence-electron chi connectivity index (χ1n) is 7.90. The Hall–Kier alpha value is -1.78. The Morgan fingerprint density at radius 3 is 2.83 bits per heavy atom. The van der Waals surface area contributed by atoms with Crippen molar-refractivity contribution in [2.75, 3.05) is 26.2 Å². The molecule has 3 rings (SSSR count). The molecule has 1 unspecified atom stereocenters. The molecule has 2 N–H and O–H groups in total. The molecule has 2 aromatic carbocycles. The van der Waals surface area contributed by atoms with Gasteiger partial charge in [0.15, 0.2) is 6.61 Å². The molecule has 4 nitrogen and oxygen atoms in total. The fraction of sp³-hybridized carbons (Fsp3) is 0.389. The van der Waals surface area contributed by atoms with Crippen LogP contribution in [0.2, 0.25) is 0 Å². The molecule has 1 amide bonds. The van der Waals surface area contributed by atoms with Gasteiger partial charge in [-0.25, -0.2) is 0 Å². The fourth-order valence-electron chi connectivity index (χ4n) is 2.83. The maximum absolute atomic E-state index is 11.8. The summed E-state index contributed by atoms with van der Waals surface area (Å²) in [5.74, 6) is 1.37. The van der Waals surface area contributed by atoms with Gasteiger partial charge in [0.25, 0.3) is 5.91 Å². The maximum Gasteiger partial charge on any atom is 0.257 e. The molecule has 0 saturated carbocycles. The summed E-state index contributed by atoms with van der Waals surface area (Å²) in [7, 11) is 0. The fourth-order valence-corrected chi connectivity index (χ4v) is 2.83. The third-order valence-electron chi connectivity index (χ3n) is 4.13. The van der Waals surface area contributed by atoms with Gasteiger partial charge in [0.2, 0.25) is 0 Å². The summed E-state index contributed by atoms with van der Waals surface area (Å²) in [4.78, 5) is 11.8. The molecule has 5 heteroatoms. The lowest BCUT2D eigenvalue weighted by Crippen LogP contribution is -2.30. The minimum atomic E-state index is -0.0564. The van der Waals surface area contributed by atoms with Gasteiger partial charge in [0, 0.05) is 6.54 Å². The Morgan fingerprint density at radius 2 is 2.04 bits per heavy atom.